The lowest BCUT2D eigenvalue weighted by Gasteiger charge is -2.29. The summed E-state index contributed by atoms with van der Waals surface area (Å²) in [6.07, 6.45) is 4.37. The Morgan fingerprint density at radius 2 is 2.06 bits per heavy atom. The molecule has 2 rings (SSSR count). The molecule has 1 saturated heterocycles. The van der Waals surface area contributed by atoms with Gasteiger partial charge in [0, 0.05) is 12.6 Å². The standard InChI is InChI=1S/C24H39N3O6/c1-7-24(13-11-19(32-24)27-14-12-18(25)26-22(27)30)15-31-21(29)17(16(2)3)9-8-10-20(28)33-23(4,5)6/h12,14,16-17,19H,7-11,13,15H2,1-6H3,(H2,25,26,30)/t17-,19+,24-/m0/s1. The van der Waals surface area contributed by atoms with Crippen molar-refractivity contribution in [2.75, 3.05) is 12.3 Å². The number of hydrogen-bond donors (Lipinski definition) is 1. The van der Waals surface area contributed by atoms with Gasteiger partial charge in [0.1, 0.15) is 29.9 Å². The summed E-state index contributed by atoms with van der Waals surface area (Å²) in [6.45, 7) is 11.5. The average Bonchev–Trinajstić information content (AvgIpc) is 3.12. The third-order valence-corrected chi connectivity index (χ3v) is 5.94. The maximum absolute atomic E-state index is 12.9. The molecule has 1 aromatic rings. The molecule has 2 N–H and O–H groups in total. The van der Waals surface area contributed by atoms with E-state index in [1.807, 2.05) is 41.5 Å². The van der Waals surface area contributed by atoms with E-state index in [9.17, 15) is 14.4 Å². The van der Waals surface area contributed by atoms with Crippen molar-refractivity contribution in [2.24, 2.45) is 11.8 Å². The van der Waals surface area contributed by atoms with Gasteiger partial charge in [0.05, 0.1) is 5.92 Å². The fourth-order valence-electron chi connectivity index (χ4n) is 3.99. The van der Waals surface area contributed by atoms with E-state index in [0.717, 1.165) is 0 Å². The molecule has 0 unspecified atom stereocenters. The van der Waals surface area contributed by atoms with Crippen LogP contribution in [0.2, 0.25) is 0 Å². The Morgan fingerprint density at radius 3 is 2.64 bits per heavy atom. The van der Waals surface area contributed by atoms with Gasteiger partial charge in [-0.1, -0.05) is 20.8 Å². The summed E-state index contributed by atoms with van der Waals surface area (Å²) < 4.78 is 18.7. The van der Waals surface area contributed by atoms with Crippen LogP contribution in [-0.4, -0.2) is 39.3 Å². The van der Waals surface area contributed by atoms with Gasteiger partial charge in [-0.05, 0) is 64.9 Å². The highest BCUT2D eigenvalue weighted by molar-refractivity contribution is 5.73. The molecule has 1 aliphatic rings. The lowest BCUT2D eigenvalue weighted by molar-refractivity contribution is -0.165. The molecule has 1 fully saturated rings. The third kappa shape index (κ3) is 7.84. The topological polar surface area (TPSA) is 123 Å². The SMILES string of the molecule is CC[C@@]1(COC(=O)[C@@H](CCCC(=O)OC(C)(C)C)C(C)C)CC[C@H](n2ccc(N)nc2=O)O1. The summed E-state index contributed by atoms with van der Waals surface area (Å²) in [4.78, 5) is 40.7. The highest BCUT2D eigenvalue weighted by Gasteiger charge is 2.41. The molecule has 0 radical (unpaired) electrons. The number of nitrogens with zero attached hydrogens (tertiary/aromatic N) is 2. The molecule has 2 heterocycles. The predicted molar refractivity (Wildman–Crippen MR) is 124 cm³/mol. The average molecular weight is 466 g/mol. The molecular formula is C24H39N3O6. The second-order valence-corrected chi connectivity index (χ2v) is 10.1. The van der Waals surface area contributed by atoms with Gasteiger partial charge >= 0.3 is 17.6 Å². The molecule has 0 saturated carbocycles. The van der Waals surface area contributed by atoms with Crippen molar-refractivity contribution in [1.82, 2.24) is 9.55 Å². The molecular weight excluding hydrogens is 426 g/mol. The first-order valence-electron chi connectivity index (χ1n) is 11.8. The minimum absolute atomic E-state index is 0.0744. The van der Waals surface area contributed by atoms with Gasteiger partial charge in [-0.2, -0.15) is 4.98 Å². The van der Waals surface area contributed by atoms with Crippen molar-refractivity contribution in [1.29, 1.82) is 0 Å². The fourth-order valence-corrected chi connectivity index (χ4v) is 3.99. The summed E-state index contributed by atoms with van der Waals surface area (Å²) in [7, 11) is 0. The number of carbonyl (C=O) groups excluding carboxylic acids is 2. The van der Waals surface area contributed by atoms with Crippen LogP contribution in [0.4, 0.5) is 5.82 Å². The smallest absolute Gasteiger partial charge is 0.351 e. The Hall–Kier alpha value is -2.42. The van der Waals surface area contributed by atoms with Gasteiger partial charge in [-0.25, -0.2) is 4.79 Å². The summed E-state index contributed by atoms with van der Waals surface area (Å²) in [5, 5.41) is 0. The van der Waals surface area contributed by atoms with Crippen molar-refractivity contribution in [2.45, 2.75) is 97.5 Å². The van der Waals surface area contributed by atoms with E-state index >= 15 is 0 Å². The van der Waals surface area contributed by atoms with Crippen LogP contribution in [0.25, 0.3) is 0 Å². The molecule has 9 heteroatoms. The minimum atomic E-state index is -0.654. The number of nitrogens with two attached hydrogens (primary N) is 1. The van der Waals surface area contributed by atoms with Gasteiger partial charge in [-0.15, -0.1) is 0 Å². The zero-order chi connectivity index (χ0) is 24.8. The van der Waals surface area contributed by atoms with Crippen LogP contribution in [0.15, 0.2) is 17.1 Å². The molecule has 0 bridgehead atoms. The first-order chi connectivity index (χ1) is 15.4. The van der Waals surface area contributed by atoms with E-state index in [4.69, 9.17) is 19.9 Å². The van der Waals surface area contributed by atoms with Crippen LogP contribution in [0.5, 0.6) is 0 Å². The van der Waals surface area contributed by atoms with Gasteiger partial charge in [-0.3, -0.25) is 14.2 Å². The summed E-state index contributed by atoms with van der Waals surface area (Å²) in [5.41, 5.74) is 3.93. The van der Waals surface area contributed by atoms with Crippen LogP contribution >= 0.6 is 0 Å². The first-order valence-corrected chi connectivity index (χ1v) is 11.8. The van der Waals surface area contributed by atoms with Gasteiger partial charge in [0.15, 0.2) is 0 Å². The largest absolute Gasteiger partial charge is 0.462 e. The predicted octanol–water partition coefficient (Wildman–Crippen LogP) is 3.61. The monoisotopic (exact) mass is 465 g/mol. The summed E-state index contributed by atoms with van der Waals surface area (Å²) in [5.74, 6) is -0.634. The Balaban J connectivity index is 1.92. The number of hydrogen-bond acceptors (Lipinski definition) is 8. The van der Waals surface area contributed by atoms with E-state index in [1.54, 1.807) is 12.3 Å². The lowest BCUT2D eigenvalue weighted by Crippen LogP contribution is -2.37. The van der Waals surface area contributed by atoms with Crippen LogP contribution in [-0.2, 0) is 23.8 Å². The van der Waals surface area contributed by atoms with Crippen molar-refractivity contribution in [3.8, 4) is 0 Å². The van der Waals surface area contributed by atoms with Gasteiger partial charge in [0.2, 0.25) is 0 Å². The van der Waals surface area contributed by atoms with Gasteiger partial charge < -0.3 is 19.9 Å². The van der Waals surface area contributed by atoms with Crippen LogP contribution in [0.1, 0.15) is 86.3 Å². The minimum Gasteiger partial charge on any atom is -0.462 e. The molecule has 33 heavy (non-hydrogen) atoms. The highest BCUT2D eigenvalue weighted by Crippen LogP contribution is 2.38. The van der Waals surface area contributed by atoms with Crippen molar-refractivity contribution < 1.29 is 23.8 Å². The van der Waals surface area contributed by atoms with Crippen molar-refractivity contribution in [3.63, 3.8) is 0 Å². The quantitative estimate of drug-likeness (QED) is 0.520. The zero-order valence-electron chi connectivity index (χ0n) is 20.8. The molecule has 9 nitrogen and oxygen atoms in total. The lowest BCUT2D eigenvalue weighted by atomic mass is 9.90. The summed E-state index contributed by atoms with van der Waals surface area (Å²) >= 11 is 0. The van der Waals surface area contributed by atoms with E-state index in [0.29, 0.717) is 32.1 Å². The molecule has 1 aliphatic heterocycles. The number of anilines is 1. The number of nitrogen functional groups attached to an aromatic ring is 1. The van der Waals surface area contributed by atoms with E-state index in [2.05, 4.69) is 4.98 Å². The third-order valence-electron chi connectivity index (χ3n) is 5.94. The molecule has 3 atom stereocenters. The highest BCUT2D eigenvalue weighted by atomic mass is 16.6. The zero-order valence-corrected chi connectivity index (χ0v) is 20.8. The Labute approximate surface area is 196 Å². The molecule has 0 amide bonds. The number of rotatable bonds is 10. The molecule has 186 valence electrons. The number of ether oxygens (including phenoxy) is 3. The van der Waals surface area contributed by atoms with E-state index in [1.165, 1.54) is 4.57 Å². The molecule has 1 aromatic heterocycles. The van der Waals surface area contributed by atoms with Crippen LogP contribution in [0.3, 0.4) is 0 Å². The van der Waals surface area contributed by atoms with Crippen LogP contribution in [0, 0.1) is 11.8 Å². The summed E-state index contributed by atoms with van der Waals surface area (Å²) in [6, 6.07) is 1.56. The van der Waals surface area contributed by atoms with E-state index in [-0.39, 0.29) is 42.6 Å². The molecule has 0 spiro atoms. The first kappa shape index (κ1) is 26.8. The number of aromatic nitrogens is 2. The fraction of sp³-hybridized carbons (Fsp3) is 0.750. The number of esters is 2. The van der Waals surface area contributed by atoms with Crippen molar-refractivity contribution >= 4 is 17.8 Å². The van der Waals surface area contributed by atoms with Crippen LogP contribution < -0.4 is 11.4 Å². The maximum atomic E-state index is 12.9. The number of carbonyl (C=O) groups is 2. The Morgan fingerprint density at radius 1 is 1.36 bits per heavy atom. The molecule has 0 aliphatic carbocycles. The second-order valence-electron chi connectivity index (χ2n) is 10.1. The Kier molecular flexibility index (Phi) is 9.05. The van der Waals surface area contributed by atoms with Crippen molar-refractivity contribution in [3.05, 3.63) is 22.7 Å². The maximum Gasteiger partial charge on any atom is 0.351 e. The van der Waals surface area contributed by atoms with E-state index < -0.39 is 23.1 Å². The normalized spacial score (nSPS) is 21.7. The molecule has 0 aromatic carbocycles. The second kappa shape index (κ2) is 11.1. The Bertz CT molecular complexity index is 876. The van der Waals surface area contributed by atoms with Gasteiger partial charge in [0.25, 0.3) is 0 Å².